The molecule has 1 aliphatic carbocycles. The molecule has 26 heavy (non-hydrogen) atoms. The van der Waals surface area contributed by atoms with Crippen LogP contribution in [0.1, 0.15) is 36.7 Å². The van der Waals surface area contributed by atoms with E-state index in [1.165, 1.54) is 0 Å². The minimum Gasteiger partial charge on any atom is -0.355 e. The topological polar surface area (TPSA) is 67.2 Å². The Kier molecular flexibility index (Phi) is 4.05. The van der Waals surface area contributed by atoms with Crippen LogP contribution in [0.4, 0.5) is 0 Å². The van der Waals surface area contributed by atoms with Crippen molar-refractivity contribution in [3.63, 3.8) is 0 Å². The Balaban J connectivity index is 1.48. The number of hydrogen-bond acceptors (Lipinski definition) is 3. The van der Waals surface area contributed by atoms with Crippen molar-refractivity contribution in [1.82, 2.24) is 19.8 Å². The second kappa shape index (κ2) is 6.27. The van der Waals surface area contributed by atoms with Crippen LogP contribution in [0.15, 0.2) is 42.7 Å². The molecule has 2 aromatic rings. The summed E-state index contributed by atoms with van der Waals surface area (Å²) in [6.07, 6.45) is 5.84. The third-order valence-electron chi connectivity index (χ3n) is 5.85. The second-order valence-corrected chi connectivity index (χ2v) is 7.47. The van der Waals surface area contributed by atoms with Gasteiger partial charge in [0.25, 0.3) is 0 Å². The summed E-state index contributed by atoms with van der Waals surface area (Å²) >= 11 is 0. The molecule has 2 fully saturated rings. The lowest BCUT2D eigenvalue weighted by Gasteiger charge is -2.25. The maximum Gasteiger partial charge on any atom is 0.230 e. The summed E-state index contributed by atoms with van der Waals surface area (Å²) in [5.74, 6) is 1.07. The van der Waals surface area contributed by atoms with E-state index in [4.69, 9.17) is 0 Å². The summed E-state index contributed by atoms with van der Waals surface area (Å²) in [5, 5.41) is 3.12. The van der Waals surface area contributed by atoms with E-state index in [9.17, 15) is 9.59 Å². The van der Waals surface area contributed by atoms with Crippen LogP contribution in [0.2, 0.25) is 0 Å². The highest BCUT2D eigenvalue weighted by atomic mass is 16.2. The fourth-order valence-electron chi connectivity index (χ4n) is 4.10. The number of imidazole rings is 1. The molecule has 1 aliphatic heterocycles. The Bertz CT molecular complexity index is 825. The Hall–Kier alpha value is -2.63. The molecule has 0 bridgehead atoms. The molecule has 0 unspecified atom stereocenters. The largest absolute Gasteiger partial charge is 0.355 e. The number of rotatable bonds is 5. The van der Waals surface area contributed by atoms with Crippen molar-refractivity contribution in [1.29, 1.82) is 0 Å². The number of benzene rings is 1. The summed E-state index contributed by atoms with van der Waals surface area (Å²) in [4.78, 5) is 31.3. The van der Waals surface area contributed by atoms with Crippen LogP contribution in [0.3, 0.4) is 0 Å². The van der Waals surface area contributed by atoms with Gasteiger partial charge in [-0.1, -0.05) is 30.3 Å². The molecule has 1 N–H and O–H groups in total. The molecule has 6 heteroatoms. The number of aryl methyl sites for hydroxylation is 1. The minimum atomic E-state index is -0.380. The van der Waals surface area contributed by atoms with Crippen LogP contribution in [0.25, 0.3) is 0 Å². The van der Waals surface area contributed by atoms with Crippen LogP contribution >= 0.6 is 0 Å². The van der Waals surface area contributed by atoms with Gasteiger partial charge in [0.2, 0.25) is 11.8 Å². The van der Waals surface area contributed by atoms with Gasteiger partial charge in [0.15, 0.2) is 0 Å². The molecular weight excluding hydrogens is 328 g/mol. The Morgan fingerprint density at radius 3 is 2.62 bits per heavy atom. The van der Waals surface area contributed by atoms with Gasteiger partial charge < -0.3 is 14.8 Å². The molecule has 2 heterocycles. The number of nitrogens with zero attached hydrogens (tertiary/aromatic N) is 3. The third kappa shape index (κ3) is 2.69. The molecule has 2 amide bonds. The summed E-state index contributed by atoms with van der Waals surface area (Å²) in [7, 11) is 3.75. The van der Waals surface area contributed by atoms with E-state index in [1.807, 2.05) is 55.2 Å². The lowest BCUT2D eigenvalue weighted by molar-refractivity contribution is -0.128. The van der Waals surface area contributed by atoms with Crippen LogP contribution in [-0.4, -0.2) is 39.9 Å². The number of likely N-dealkylation sites (tertiary alicyclic amines) is 1. The molecular formula is C20H24N4O2. The number of amides is 2. The van der Waals surface area contributed by atoms with Gasteiger partial charge in [0.05, 0.1) is 11.5 Å². The van der Waals surface area contributed by atoms with E-state index in [0.717, 1.165) is 24.2 Å². The van der Waals surface area contributed by atoms with Crippen LogP contribution in [0, 0.1) is 5.92 Å². The highest BCUT2D eigenvalue weighted by Crippen LogP contribution is 2.48. The first-order valence-corrected chi connectivity index (χ1v) is 9.09. The molecule has 1 aromatic heterocycles. The van der Waals surface area contributed by atoms with E-state index in [0.29, 0.717) is 13.0 Å². The van der Waals surface area contributed by atoms with Gasteiger partial charge in [-0.05, 0) is 18.4 Å². The third-order valence-corrected chi connectivity index (χ3v) is 5.85. The lowest BCUT2D eigenvalue weighted by atomic mass is 9.94. The number of carbonyl (C=O) groups excluding carboxylic acids is 2. The molecule has 4 rings (SSSR count). The fourth-order valence-corrected chi connectivity index (χ4v) is 4.10. The zero-order chi connectivity index (χ0) is 18.3. The molecule has 1 saturated carbocycles. The normalized spacial score (nSPS) is 23.9. The molecule has 2 atom stereocenters. The van der Waals surface area contributed by atoms with Crippen molar-refractivity contribution in [2.24, 2.45) is 13.0 Å². The number of carbonyl (C=O) groups is 2. The average molecular weight is 352 g/mol. The number of hydrogen-bond donors (Lipinski definition) is 1. The SMILES string of the molecule is CN1C(=O)C[C@@H](CNC(=O)C2(c3ccccc3)CC2)[C@@H]1c1nccn1C. The van der Waals surface area contributed by atoms with Crippen molar-refractivity contribution in [3.05, 3.63) is 54.1 Å². The first-order valence-electron chi connectivity index (χ1n) is 9.09. The first-order chi connectivity index (χ1) is 12.5. The van der Waals surface area contributed by atoms with Crippen LogP contribution < -0.4 is 5.32 Å². The highest BCUT2D eigenvalue weighted by molar-refractivity contribution is 5.91. The Labute approximate surface area is 153 Å². The van der Waals surface area contributed by atoms with Gasteiger partial charge in [-0.2, -0.15) is 0 Å². The molecule has 0 radical (unpaired) electrons. The average Bonchev–Trinajstić information content (AvgIpc) is 3.29. The standard InChI is InChI=1S/C20H24N4O2/c1-23-11-10-21-18(23)17-14(12-16(25)24(17)2)13-22-19(26)20(8-9-20)15-6-4-3-5-7-15/h3-7,10-11,14,17H,8-9,12-13H2,1-2H3,(H,22,26)/t14-,17+/m0/s1. The fraction of sp³-hybridized carbons (Fsp3) is 0.450. The summed E-state index contributed by atoms with van der Waals surface area (Å²) in [5.41, 5.74) is 0.701. The summed E-state index contributed by atoms with van der Waals surface area (Å²) < 4.78 is 1.95. The number of nitrogens with one attached hydrogen (secondary N) is 1. The molecule has 0 spiro atoms. The molecule has 1 aromatic carbocycles. The summed E-state index contributed by atoms with van der Waals surface area (Å²) in [6.45, 7) is 0.487. The van der Waals surface area contributed by atoms with Crippen molar-refractivity contribution in [2.45, 2.75) is 30.7 Å². The number of aromatic nitrogens is 2. The predicted molar refractivity (Wildman–Crippen MR) is 97.2 cm³/mol. The molecule has 6 nitrogen and oxygen atoms in total. The first kappa shape index (κ1) is 16.8. The van der Waals surface area contributed by atoms with E-state index in [1.54, 1.807) is 11.1 Å². The lowest BCUT2D eigenvalue weighted by Crippen LogP contribution is -2.39. The Morgan fingerprint density at radius 2 is 2.00 bits per heavy atom. The van der Waals surface area contributed by atoms with Crippen LogP contribution in [-0.2, 0) is 22.1 Å². The van der Waals surface area contributed by atoms with E-state index >= 15 is 0 Å². The van der Waals surface area contributed by atoms with Crippen molar-refractivity contribution in [2.75, 3.05) is 13.6 Å². The molecule has 1 saturated heterocycles. The molecule has 2 aliphatic rings. The van der Waals surface area contributed by atoms with Crippen molar-refractivity contribution >= 4 is 11.8 Å². The van der Waals surface area contributed by atoms with Gasteiger partial charge >= 0.3 is 0 Å². The zero-order valence-corrected chi connectivity index (χ0v) is 15.2. The van der Waals surface area contributed by atoms with Crippen LogP contribution in [0.5, 0.6) is 0 Å². The maximum atomic E-state index is 12.9. The van der Waals surface area contributed by atoms with Gasteiger partial charge in [-0.3, -0.25) is 9.59 Å². The maximum absolute atomic E-state index is 12.9. The smallest absolute Gasteiger partial charge is 0.230 e. The quantitative estimate of drug-likeness (QED) is 0.892. The van der Waals surface area contributed by atoms with Gasteiger partial charge in [0, 0.05) is 45.4 Å². The van der Waals surface area contributed by atoms with E-state index in [2.05, 4.69) is 10.3 Å². The monoisotopic (exact) mass is 352 g/mol. The van der Waals surface area contributed by atoms with Gasteiger partial charge in [-0.15, -0.1) is 0 Å². The van der Waals surface area contributed by atoms with E-state index in [-0.39, 0.29) is 29.2 Å². The minimum absolute atomic E-state index is 0.0316. The Morgan fingerprint density at radius 1 is 1.27 bits per heavy atom. The zero-order valence-electron chi connectivity index (χ0n) is 15.2. The molecule has 136 valence electrons. The second-order valence-electron chi connectivity index (χ2n) is 7.47. The van der Waals surface area contributed by atoms with Crippen molar-refractivity contribution in [3.8, 4) is 0 Å². The predicted octanol–water partition coefficient (Wildman–Crippen LogP) is 1.79. The van der Waals surface area contributed by atoms with Gasteiger partial charge in [0.1, 0.15) is 5.82 Å². The highest BCUT2D eigenvalue weighted by Gasteiger charge is 2.51. The summed E-state index contributed by atoms with van der Waals surface area (Å²) in [6, 6.07) is 9.87. The van der Waals surface area contributed by atoms with Crippen molar-refractivity contribution < 1.29 is 9.59 Å². The van der Waals surface area contributed by atoms with E-state index < -0.39 is 0 Å². The van der Waals surface area contributed by atoms with Gasteiger partial charge in [-0.25, -0.2) is 4.98 Å².